The Labute approximate surface area is 590 Å². The fraction of sp³-hybridized carbons (Fsp3) is 0.537. The van der Waals surface area contributed by atoms with E-state index in [-0.39, 0.29) is 19.3 Å². The molecule has 0 unspecified atom stereocenters. The third-order valence-corrected chi connectivity index (χ3v) is 16.6. The van der Waals surface area contributed by atoms with Crippen molar-refractivity contribution >= 4 is 110 Å². The molecule has 2 aromatic carbocycles. The van der Waals surface area contributed by atoms with Crippen molar-refractivity contribution in [3.8, 4) is 0 Å². The van der Waals surface area contributed by atoms with Crippen LogP contribution in [0.25, 0.3) is 21.8 Å². The summed E-state index contributed by atoms with van der Waals surface area (Å²) >= 11 is 0. The second kappa shape index (κ2) is 40.6. The van der Waals surface area contributed by atoms with Gasteiger partial charge in [-0.1, -0.05) is 42.8 Å². The highest BCUT2D eigenvalue weighted by Gasteiger charge is 2.34. The summed E-state index contributed by atoms with van der Waals surface area (Å²) in [4.78, 5) is 205. The Balaban J connectivity index is 1.37. The number of carbonyl (C=O) groups is 15. The van der Waals surface area contributed by atoms with Crippen LogP contribution in [0.2, 0.25) is 0 Å². The van der Waals surface area contributed by atoms with Crippen LogP contribution in [0.15, 0.2) is 60.9 Å². The van der Waals surface area contributed by atoms with Crippen molar-refractivity contribution in [1.82, 2.24) is 84.4 Å². The van der Waals surface area contributed by atoms with Gasteiger partial charge in [-0.3, -0.25) is 67.1 Å². The topological polar surface area (TPSA) is 554 Å². The number of fused-ring (bicyclic) bond motifs is 2. The second-order valence-corrected chi connectivity index (χ2v) is 25.4. The van der Waals surface area contributed by atoms with Crippen molar-refractivity contribution in [2.24, 2.45) is 17.2 Å². The summed E-state index contributed by atoms with van der Waals surface area (Å²) in [7, 11) is 0. The maximum absolute atomic E-state index is 14.4. The number of amides is 14. The molecule has 35 heteroatoms. The molecule has 0 aliphatic rings. The van der Waals surface area contributed by atoms with Gasteiger partial charge in [-0.15, -0.1) is 0 Å². The van der Waals surface area contributed by atoms with E-state index in [0.29, 0.717) is 78.1 Å². The molecule has 0 saturated carbocycles. The molecule has 15 atom stereocenters. The van der Waals surface area contributed by atoms with E-state index in [4.69, 9.17) is 17.2 Å². The van der Waals surface area contributed by atoms with Gasteiger partial charge in [0.05, 0.1) is 6.04 Å². The normalized spacial score (nSPS) is 15.6. The van der Waals surface area contributed by atoms with Gasteiger partial charge >= 0.3 is 5.97 Å². The van der Waals surface area contributed by atoms with Gasteiger partial charge in [-0.25, -0.2) is 4.79 Å². The molecule has 0 bridgehead atoms. The van der Waals surface area contributed by atoms with E-state index < -0.39 is 179 Å². The van der Waals surface area contributed by atoms with Crippen LogP contribution in [0.5, 0.6) is 0 Å². The predicted molar refractivity (Wildman–Crippen MR) is 375 cm³/mol. The van der Waals surface area contributed by atoms with Crippen molar-refractivity contribution in [3.05, 3.63) is 72.1 Å². The third kappa shape index (κ3) is 26.2. The smallest absolute Gasteiger partial charge is 0.326 e. The molecule has 0 fully saturated rings. The number of nitrogens with one attached hydrogen (secondary N) is 16. The van der Waals surface area contributed by atoms with Crippen molar-refractivity contribution in [1.29, 1.82) is 0 Å². The Morgan fingerprint density at radius 2 is 0.559 bits per heavy atom. The van der Waals surface area contributed by atoms with Gasteiger partial charge in [-0.05, 0) is 145 Å². The first-order valence-corrected chi connectivity index (χ1v) is 33.8. The molecular formula is C67H101N19O16. The van der Waals surface area contributed by atoms with Crippen LogP contribution in [0.4, 0.5) is 0 Å². The monoisotopic (exact) mass is 1430 g/mol. The largest absolute Gasteiger partial charge is 0.480 e. The SMILES string of the molecule is C[C@H](NC(=O)[C@H](C)NC(=O)[C@H](C)NC(=O)[C@H](C)NC(=O)[C@H](Cc1c[nH]c2ccccc12)NC(=O)[C@H](C)NC(=O)[C@H](Cc1c[nH]c2ccccc12)NC(=O)[C@H](C)NC(=O)[C@H](C)NC(=O)[C@H](C)NC(=O)[C@H](C)NC(=O)[C@@H](N)CCCCN)C(=O)N[C@@H](C)C(=O)N[C@@H](C)C(=O)N[C@@H](CCCCN)C(=O)O. The number of carboxylic acids is 1. The van der Waals surface area contributed by atoms with Crippen LogP contribution in [-0.2, 0) is 84.8 Å². The maximum Gasteiger partial charge on any atom is 0.326 e. The molecule has 0 radical (unpaired) electrons. The quantitative estimate of drug-likeness (QED) is 0.0189. The van der Waals surface area contributed by atoms with Gasteiger partial charge in [-0.2, -0.15) is 0 Å². The van der Waals surface area contributed by atoms with Crippen molar-refractivity contribution in [2.75, 3.05) is 13.1 Å². The summed E-state index contributed by atoms with van der Waals surface area (Å²) in [5.41, 5.74) is 19.5. The highest BCUT2D eigenvalue weighted by Crippen LogP contribution is 2.21. The molecule has 560 valence electrons. The first kappa shape index (κ1) is 83.9. The van der Waals surface area contributed by atoms with Crippen LogP contribution in [0.3, 0.4) is 0 Å². The molecule has 14 amide bonds. The lowest BCUT2D eigenvalue weighted by atomic mass is 10.0. The Bertz CT molecular complexity index is 3640. The van der Waals surface area contributed by atoms with Crippen molar-refractivity contribution in [2.45, 2.75) is 218 Å². The van der Waals surface area contributed by atoms with E-state index in [1.807, 2.05) is 0 Å². The van der Waals surface area contributed by atoms with Crippen LogP contribution >= 0.6 is 0 Å². The summed E-state index contributed by atoms with van der Waals surface area (Å²) in [6.07, 6.45) is 5.75. The van der Waals surface area contributed by atoms with Crippen LogP contribution in [0.1, 0.15) is 126 Å². The van der Waals surface area contributed by atoms with Crippen molar-refractivity contribution < 1.29 is 77.0 Å². The summed E-state index contributed by atoms with van der Waals surface area (Å²) in [6.45, 7) is 15.4. The molecule has 4 rings (SSSR count). The highest BCUT2D eigenvalue weighted by atomic mass is 16.4. The minimum atomic E-state index is -1.42. The number of nitrogens with two attached hydrogens (primary N) is 3. The van der Waals surface area contributed by atoms with Crippen LogP contribution in [0, 0.1) is 0 Å². The van der Waals surface area contributed by atoms with E-state index in [0.717, 1.165) is 0 Å². The Kier molecular flexibility index (Phi) is 33.4. The van der Waals surface area contributed by atoms with E-state index >= 15 is 0 Å². The van der Waals surface area contributed by atoms with Gasteiger partial charge < -0.3 is 107 Å². The number of hydrogen-bond donors (Lipinski definition) is 20. The summed E-state index contributed by atoms with van der Waals surface area (Å²) in [5, 5.41) is 45.8. The number of aliphatic carboxylic acids is 1. The molecule has 0 spiro atoms. The zero-order chi connectivity index (χ0) is 76.2. The van der Waals surface area contributed by atoms with Gasteiger partial charge in [0, 0.05) is 47.0 Å². The number of aromatic nitrogens is 2. The molecule has 0 aliphatic heterocycles. The Hall–Kier alpha value is -10.5. The van der Waals surface area contributed by atoms with Gasteiger partial charge in [0.25, 0.3) is 0 Å². The molecule has 2 aromatic heterocycles. The lowest BCUT2D eigenvalue weighted by Crippen LogP contribution is -2.60. The lowest BCUT2D eigenvalue weighted by Gasteiger charge is -2.26. The first-order valence-electron chi connectivity index (χ1n) is 33.8. The molecular weight excluding hydrogens is 1330 g/mol. The summed E-state index contributed by atoms with van der Waals surface area (Å²) in [6, 6.07) is -4.46. The van der Waals surface area contributed by atoms with Crippen LogP contribution < -0.4 is 91.6 Å². The zero-order valence-corrected chi connectivity index (χ0v) is 59.3. The van der Waals surface area contributed by atoms with E-state index in [9.17, 15) is 77.0 Å². The first-order chi connectivity index (χ1) is 48.1. The van der Waals surface area contributed by atoms with E-state index in [1.165, 1.54) is 76.2 Å². The molecule has 2 heterocycles. The van der Waals surface area contributed by atoms with Gasteiger partial charge in [0.15, 0.2) is 0 Å². The lowest BCUT2D eigenvalue weighted by molar-refractivity contribution is -0.142. The average Bonchev–Trinajstić information content (AvgIpc) is 1.65. The van der Waals surface area contributed by atoms with Crippen molar-refractivity contribution in [3.63, 3.8) is 0 Å². The second-order valence-electron chi connectivity index (χ2n) is 25.4. The molecule has 23 N–H and O–H groups in total. The van der Waals surface area contributed by atoms with Gasteiger partial charge in [0.2, 0.25) is 82.7 Å². The molecule has 35 nitrogen and oxygen atoms in total. The number of carbonyl (C=O) groups excluding carboxylic acids is 14. The number of H-pyrrole nitrogens is 2. The highest BCUT2D eigenvalue weighted by molar-refractivity contribution is 6.00. The zero-order valence-electron chi connectivity index (χ0n) is 59.3. The standard InChI is InChI=1S/C67H101N19O16/c1-32(53(87)73-33(2)54(88)75-36(5)57(91)79-40(9)61(95)84-50(67(101)102)25-17-19-27-69)74-56(90)35(4)78-60(94)39(8)82-65(99)51(28-43-30-71-48-23-14-12-20-45(43)48)86-63(97)42(11)83-66(100)52(29-44-31-72-49-24-15-13-21-46(44)49)85-62(96)41(10)80-58(92)37(6)76-55(89)34(3)77-59(93)38(7)81-64(98)47(70)22-16-18-26-68/h12-15,20-21,23-24,30-42,47,50-52,71-72H,16-19,22,25-29,68-70H2,1-11H3,(H,73,87)(H,74,90)(H,75,88)(H,76,89)(H,77,93)(H,78,94)(H,79,91)(H,80,92)(H,81,98)(H,82,99)(H,83,100)(H,84,95)(H,85,96)(H,86,97)(H,101,102)/t32-,33-,34-,35-,36-,37-,38-,39-,40-,41-,42-,47-,50-,51-,52-/m0/s1. The minimum Gasteiger partial charge on any atom is -0.480 e. The fourth-order valence-electron chi connectivity index (χ4n) is 10.1. The number of para-hydroxylation sites is 2. The van der Waals surface area contributed by atoms with E-state index in [1.54, 1.807) is 60.9 Å². The number of unbranched alkanes of at least 4 members (excludes halogenated alkanes) is 2. The maximum atomic E-state index is 14.4. The number of rotatable bonds is 41. The molecule has 0 aliphatic carbocycles. The molecule has 102 heavy (non-hydrogen) atoms. The van der Waals surface area contributed by atoms with Gasteiger partial charge in [0.1, 0.15) is 84.6 Å². The molecule has 4 aromatic rings. The number of hydrogen-bond acceptors (Lipinski definition) is 18. The average molecular weight is 1430 g/mol. The predicted octanol–water partition coefficient (Wildman–Crippen LogP) is -3.89. The third-order valence-electron chi connectivity index (χ3n) is 16.6. The number of aromatic amines is 2. The van der Waals surface area contributed by atoms with Crippen LogP contribution in [-0.4, -0.2) is 207 Å². The Morgan fingerprint density at radius 1 is 0.324 bits per heavy atom. The van der Waals surface area contributed by atoms with E-state index in [2.05, 4.69) is 84.4 Å². The summed E-state index contributed by atoms with van der Waals surface area (Å²) in [5.74, 6) is -12.5. The molecule has 0 saturated heterocycles. The number of benzene rings is 2. The summed E-state index contributed by atoms with van der Waals surface area (Å²) < 4.78 is 0. The fourth-order valence-corrected chi connectivity index (χ4v) is 10.1. The number of carboxylic acid groups (broad SMARTS) is 1. The Morgan fingerprint density at radius 3 is 0.833 bits per heavy atom. The minimum absolute atomic E-state index is 0.119.